The fraction of sp³-hybridized carbons (Fsp3) is 0.318. The molecule has 1 fully saturated rings. The third-order valence-corrected chi connectivity index (χ3v) is 8.19. The minimum absolute atomic E-state index is 0.0384. The summed E-state index contributed by atoms with van der Waals surface area (Å²) in [6, 6.07) is 10.8. The number of amides is 1. The Kier molecular flexibility index (Phi) is 6.27. The zero-order valence-corrected chi connectivity index (χ0v) is 18.7. The lowest BCUT2D eigenvalue weighted by molar-refractivity contribution is 0.103. The predicted molar refractivity (Wildman–Crippen MR) is 120 cm³/mol. The Hall–Kier alpha value is -2.49. The van der Waals surface area contributed by atoms with E-state index in [-0.39, 0.29) is 16.5 Å². The molecular formula is C22H23FN2O4S2. The summed E-state index contributed by atoms with van der Waals surface area (Å²) in [6.07, 6.45) is 2.65. The zero-order chi connectivity index (χ0) is 22.0. The maximum absolute atomic E-state index is 14.0. The molecule has 2 aromatic carbocycles. The fourth-order valence-corrected chi connectivity index (χ4v) is 6.28. The molecule has 3 aromatic rings. The Balaban J connectivity index is 1.64. The van der Waals surface area contributed by atoms with Crippen molar-refractivity contribution in [2.24, 2.45) is 0 Å². The molecule has 1 aliphatic rings. The minimum atomic E-state index is -3.75. The number of halogens is 1. The number of benzene rings is 2. The average molecular weight is 463 g/mol. The van der Waals surface area contributed by atoms with Gasteiger partial charge in [0.15, 0.2) is 0 Å². The molecule has 0 unspecified atom stereocenters. The number of carbonyl (C=O) groups excluding carboxylic acids is 1. The van der Waals surface area contributed by atoms with Crippen molar-refractivity contribution in [2.45, 2.75) is 31.1 Å². The lowest BCUT2D eigenvalue weighted by Crippen LogP contribution is -2.35. The molecule has 6 nitrogen and oxygen atoms in total. The standard InChI is InChI=1S/C22H23FN2O4S2/c1-2-29-18-10-9-15(13-21(18)31(27,28)25-11-4-3-5-12-25)24-22(26)20-14-16-17(23)7-6-8-19(16)30-20/h6-10,13-14H,2-5,11-12H2,1H3,(H,24,26). The molecule has 0 saturated carbocycles. The molecule has 1 aromatic heterocycles. The molecule has 0 radical (unpaired) electrons. The van der Waals surface area contributed by atoms with E-state index in [2.05, 4.69) is 5.32 Å². The van der Waals surface area contributed by atoms with Gasteiger partial charge in [-0.25, -0.2) is 12.8 Å². The van der Waals surface area contributed by atoms with Gasteiger partial charge >= 0.3 is 0 Å². The first kappa shape index (κ1) is 21.7. The first-order chi connectivity index (χ1) is 14.9. The summed E-state index contributed by atoms with van der Waals surface area (Å²) in [6.45, 7) is 3.05. The Morgan fingerprint density at radius 1 is 1.16 bits per heavy atom. The van der Waals surface area contributed by atoms with Gasteiger partial charge in [-0.1, -0.05) is 12.5 Å². The minimum Gasteiger partial charge on any atom is -0.492 e. The van der Waals surface area contributed by atoms with Crippen LogP contribution in [0.15, 0.2) is 47.4 Å². The van der Waals surface area contributed by atoms with Crippen LogP contribution >= 0.6 is 11.3 Å². The second-order valence-corrected chi connectivity index (χ2v) is 10.3. The highest BCUT2D eigenvalue weighted by molar-refractivity contribution is 7.89. The molecule has 1 saturated heterocycles. The van der Waals surface area contributed by atoms with Crippen LogP contribution in [-0.4, -0.2) is 38.3 Å². The lowest BCUT2D eigenvalue weighted by Gasteiger charge is -2.27. The molecule has 4 rings (SSSR count). The molecule has 2 heterocycles. The van der Waals surface area contributed by atoms with E-state index in [1.54, 1.807) is 31.2 Å². The van der Waals surface area contributed by atoms with Crippen molar-refractivity contribution in [1.82, 2.24) is 4.31 Å². The zero-order valence-electron chi connectivity index (χ0n) is 17.1. The highest BCUT2D eigenvalue weighted by Gasteiger charge is 2.29. The number of sulfonamides is 1. The van der Waals surface area contributed by atoms with Crippen molar-refractivity contribution < 1.29 is 22.3 Å². The summed E-state index contributed by atoms with van der Waals surface area (Å²) in [7, 11) is -3.75. The van der Waals surface area contributed by atoms with Crippen LogP contribution in [0.2, 0.25) is 0 Å². The van der Waals surface area contributed by atoms with Gasteiger partial charge in [0.1, 0.15) is 16.5 Å². The number of hydrogen-bond donors (Lipinski definition) is 1. The number of nitrogens with zero attached hydrogens (tertiary/aromatic N) is 1. The summed E-state index contributed by atoms with van der Waals surface area (Å²) < 4.78 is 48.1. The third kappa shape index (κ3) is 4.44. The number of nitrogens with one attached hydrogen (secondary N) is 1. The summed E-state index contributed by atoms with van der Waals surface area (Å²) in [5.74, 6) is -0.551. The number of carbonyl (C=O) groups is 1. The van der Waals surface area contributed by atoms with Gasteiger partial charge in [-0.2, -0.15) is 4.31 Å². The van der Waals surface area contributed by atoms with E-state index in [1.807, 2.05) is 0 Å². The van der Waals surface area contributed by atoms with Gasteiger partial charge < -0.3 is 10.1 Å². The van der Waals surface area contributed by atoms with Crippen molar-refractivity contribution >= 4 is 43.0 Å². The van der Waals surface area contributed by atoms with Gasteiger partial charge in [-0.15, -0.1) is 11.3 Å². The van der Waals surface area contributed by atoms with Gasteiger partial charge in [0.05, 0.1) is 11.5 Å². The highest BCUT2D eigenvalue weighted by atomic mass is 32.2. The SMILES string of the molecule is CCOc1ccc(NC(=O)c2cc3c(F)cccc3s2)cc1S(=O)(=O)N1CCCCC1. The summed E-state index contributed by atoms with van der Waals surface area (Å²) in [5.41, 5.74) is 0.335. The molecule has 0 bridgehead atoms. The summed E-state index contributed by atoms with van der Waals surface area (Å²) in [4.78, 5) is 13.1. The second-order valence-electron chi connectivity index (χ2n) is 7.28. The van der Waals surface area contributed by atoms with Crippen LogP contribution < -0.4 is 10.1 Å². The molecule has 9 heteroatoms. The van der Waals surface area contributed by atoms with Crippen LogP contribution in [-0.2, 0) is 10.0 Å². The number of anilines is 1. The first-order valence-corrected chi connectivity index (χ1v) is 12.4. The van der Waals surface area contributed by atoms with Crippen LogP contribution in [0.5, 0.6) is 5.75 Å². The molecule has 31 heavy (non-hydrogen) atoms. The Morgan fingerprint density at radius 2 is 1.94 bits per heavy atom. The van der Waals surface area contributed by atoms with Gasteiger partial charge in [-0.05, 0) is 56.2 Å². The van der Waals surface area contributed by atoms with Crippen LogP contribution in [0.4, 0.5) is 10.1 Å². The van der Waals surface area contributed by atoms with Crippen molar-refractivity contribution in [1.29, 1.82) is 0 Å². The molecular weight excluding hydrogens is 439 g/mol. The van der Waals surface area contributed by atoms with E-state index >= 15 is 0 Å². The number of fused-ring (bicyclic) bond motifs is 1. The van der Waals surface area contributed by atoms with Crippen molar-refractivity contribution in [3.8, 4) is 5.75 Å². The number of ether oxygens (including phenoxy) is 1. The smallest absolute Gasteiger partial charge is 0.265 e. The number of hydrogen-bond acceptors (Lipinski definition) is 5. The molecule has 0 aliphatic carbocycles. The number of rotatable bonds is 6. The number of piperidine rings is 1. The van der Waals surface area contributed by atoms with Crippen LogP contribution in [0, 0.1) is 5.82 Å². The van der Waals surface area contributed by atoms with Gasteiger partial charge in [0, 0.05) is 28.9 Å². The normalized spacial score (nSPS) is 15.2. The quantitative estimate of drug-likeness (QED) is 0.567. The Labute approximate surface area is 184 Å². The molecule has 164 valence electrons. The lowest BCUT2D eigenvalue weighted by atomic mass is 10.2. The van der Waals surface area contributed by atoms with Crippen LogP contribution in [0.1, 0.15) is 35.9 Å². The highest BCUT2D eigenvalue weighted by Crippen LogP contribution is 2.32. The van der Waals surface area contributed by atoms with E-state index in [4.69, 9.17) is 4.74 Å². The summed E-state index contributed by atoms with van der Waals surface area (Å²) >= 11 is 1.18. The van der Waals surface area contributed by atoms with Gasteiger partial charge in [0.2, 0.25) is 10.0 Å². The van der Waals surface area contributed by atoms with E-state index in [1.165, 1.54) is 33.8 Å². The maximum atomic E-state index is 14.0. The predicted octanol–water partition coefficient (Wildman–Crippen LogP) is 4.87. The van der Waals surface area contributed by atoms with E-state index in [0.29, 0.717) is 40.3 Å². The molecule has 1 N–H and O–H groups in total. The van der Waals surface area contributed by atoms with E-state index < -0.39 is 15.9 Å². The molecule has 1 aliphatic heterocycles. The Morgan fingerprint density at radius 3 is 2.65 bits per heavy atom. The maximum Gasteiger partial charge on any atom is 0.265 e. The number of thiophene rings is 1. The van der Waals surface area contributed by atoms with Gasteiger partial charge in [0.25, 0.3) is 5.91 Å². The fourth-order valence-electron chi connectivity index (χ4n) is 3.64. The average Bonchev–Trinajstić information content (AvgIpc) is 3.21. The third-order valence-electron chi connectivity index (χ3n) is 5.17. The molecule has 1 amide bonds. The molecule has 0 spiro atoms. The topological polar surface area (TPSA) is 75.7 Å². The van der Waals surface area contributed by atoms with Crippen molar-refractivity contribution in [2.75, 3.05) is 25.0 Å². The van der Waals surface area contributed by atoms with Crippen LogP contribution in [0.25, 0.3) is 10.1 Å². The largest absolute Gasteiger partial charge is 0.492 e. The first-order valence-electron chi connectivity index (χ1n) is 10.2. The summed E-state index contributed by atoms with van der Waals surface area (Å²) in [5, 5.41) is 3.12. The Bertz CT molecular complexity index is 1220. The van der Waals surface area contributed by atoms with Crippen molar-refractivity contribution in [3.05, 3.63) is 53.2 Å². The van der Waals surface area contributed by atoms with E-state index in [9.17, 15) is 17.6 Å². The van der Waals surface area contributed by atoms with E-state index in [0.717, 1.165) is 19.3 Å². The van der Waals surface area contributed by atoms with Crippen LogP contribution in [0.3, 0.4) is 0 Å². The second kappa shape index (κ2) is 8.94. The monoisotopic (exact) mass is 462 g/mol. The van der Waals surface area contributed by atoms with Crippen molar-refractivity contribution in [3.63, 3.8) is 0 Å². The molecule has 0 atom stereocenters. The van der Waals surface area contributed by atoms with Gasteiger partial charge in [-0.3, -0.25) is 4.79 Å².